The van der Waals surface area contributed by atoms with Gasteiger partial charge in [-0.05, 0) is 69.6 Å². The Kier molecular flexibility index (Phi) is 5.36. The van der Waals surface area contributed by atoms with E-state index in [1.807, 2.05) is 9.80 Å². The first-order chi connectivity index (χ1) is 14.5. The lowest BCUT2D eigenvalue weighted by molar-refractivity contribution is -0.151. The van der Waals surface area contributed by atoms with E-state index in [0.29, 0.717) is 19.0 Å². The summed E-state index contributed by atoms with van der Waals surface area (Å²) in [6.45, 7) is 5.46. The van der Waals surface area contributed by atoms with Crippen LogP contribution in [0.15, 0.2) is 12.2 Å². The number of piperidine rings is 1. The average molecular weight is 414 g/mol. The molecule has 0 aromatic heterocycles. The summed E-state index contributed by atoms with van der Waals surface area (Å²) in [5.41, 5.74) is 1.25. The Balaban J connectivity index is 1.25. The van der Waals surface area contributed by atoms with Gasteiger partial charge in [0.2, 0.25) is 17.7 Å². The zero-order valence-electron chi connectivity index (χ0n) is 18.0. The molecular formula is C24H35N3O3. The third-order valence-electron chi connectivity index (χ3n) is 8.39. The van der Waals surface area contributed by atoms with Crippen LogP contribution in [0.2, 0.25) is 0 Å². The van der Waals surface area contributed by atoms with Crippen LogP contribution in [0.1, 0.15) is 64.2 Å². The quantitative estimate of drug-likeness (QED) is 0.723. The van der Waals surface area contributed by atoms with Gasteiger partial charge < -0.3 is 15.1 Å². The predicted octanol–water partition coefficient (Wildman–Crippen LogP) is 2.49. The molecule has 5 aliphatic rings. The number of likely N-dealkylation sites (tertiary alicyclic amines) is 1. The van der Waals surface area contributed by atoms with E-state index in [4.69, 9.17) is 0 Å². The molecule has 6 nitrogen and oxygen atoms in total. The van der Waals surface area contributed by atoms with Crippen LogP contribution in [0.3, 0.4) is 0 Å². The lowest BCUT2D eigenvalue weighted by Crippen LogP contribution is -2.68. The topological polar surface area (TPSA) is 69.7 Å². The minimum absolute atomic E-state index is 0.0332. The van der Waals surface area contributed by atoms with E-state index in [0.717, 1.165) is 50.9 Å². The highest BCUT2D eigenvalue weighted by Crippen LogP contribution is 2.49. The van der Waals surface area contributed by atoms with Gasteiger partial charge in [-0.3, -0.25) is 14.4 Å². The van der Waals surface area contributed by atoms with Crippen molar-refractivity contribution in [2.24, 2.45) is 23.7 Å². The van der Waals surface area contributed by atoms with Crippen LogP contribution in [-0.4, -0.2) is 59.2 Å². The molecule has 3 aliphatic carbocycles. The zero-order valence-corrected chi connectivity index (χ0v) is 18.0. The first-order valence-corrected chi connectivity index (χ1v) is 12.1. The van der Waals surface area contributed by atoms with Gasteiger partial charge in [-0.2, -0.15) is 0 Å². The largest absolute Gasteiger partial charge is 0.348 e. The number of piperazine rings is 1. The van der Waals surface area contributed by atoms with E-state index in [-0.39, 0.29) is 48.2 Å². The van der Waals surface area contributed by atoms with Crippen LogP contribution in [-0.2, 0) is 14.4 Å². The molecule has 4 atom stereocenters. The molecule has 0 aromatic rings. The fraction of sp³-hybridized carbons (Fsp3) is 0.792. The summed E-state index contributed by atoms with van der Waals surface area (Å²) in [5, 5.41) is 3.09. The standard InChI is InChI=1S/C24H35N3O3/c1-15-5-7-17(8-6-15)23(29)26-12-11-21-20(13-26)25-22(28)14-27(21)24(30)19-4-2-3-18(19)16-9-10-16/h16-21H,1-14H2,(H,25,28)/t18-,19+,20-,21+/m0/s1. The summed E-state index contributed by atoms with van der Waals surface area (Å²) in [7, 11) is 0. The molecule has 0 aromatic carbocycles. The van der Waals surface area contributed by atoms with Crippen molar-refractivity contribution in [3.8, 4) is 0 Å². The molecule has 6 heteroatoms. The van der Waals surface area contributed by atoms with Crippen LogP contribution >= 0.6 is 0 Å². The van der Waals surface area contributed by atoms with E-state index in [1.165, 1.54) is 24.8 Å². The third kappa shape index (κ3) is 3.78. The minimum Gasteiger partial charge on any atom is -0.348 e. The summed E-state index contributed by atoms with van der Waals surface area (Å²) < 4.78 is 0. The van der Waals surface area contributed by atoms with Crippen molar-refractivity contribution in [1.82, 2.24) is 15.1 Å². The maximum Gasteiger partial charge on any atom is 0.239 e. The molecular weight excluding hydrogens is 378 g/mol. The van der Waals surface area contributed by atoms with Crippen molar-refractivity contribution in [3.05, 3.63) is 12.2 Å². The number of fused-ring (bicyclic) bond motifs is 1. The van der Waals surface area contributed by atoms with E-state index >= 15 is 0 Å². The number of nitrogens with zero attached hydrogens (tertiary/aromatic N) is 2. The monoisotopic (exact) mass is 413 g/mol. The molecule has 5 fully saturated rings. The molecule has 0 radical (unpaired) electrons. The molecule has 2 aliphatic heterocycles. The maximum absolute atomic E-state index is 13.5. The Bertz CT molecular complexity index is 736. The number of rotatable bonds is 3. The van der Waals surface area contributed by atoms with Crippen molar-refractivity contribution >= 4 is 17.7 Å². The second kappa shape index (κ2) is 8.01. The Morgan fingerprint density at radius 3 is 2.47 bits per heavy atom. The Labute approximate surface area is 179 Å². The van der Waals surface area contributed by atoms with Gasteiger partial charge in [0.25, 0.3) is 0 Å². The molecule has 0 spiro atoms. The fourth-order valence-corrected chi connectivity index (χ4v) is 6.55. The van der Waals surface area contributed by atoms with Crippen LogP contribution in [0.4, 0.5) is 0 Å². The molecule has 3 amide bonds. The first-order valence-electron chi connectivity index (χ1n) is 12.1. The van der Waals surface area contributed by atoms with Gasteiger partial charge in [-0.15, -0.1) is 0 Å². The lowest BCUT2D eigenvalue weighted by Gasteiger charge is -2.48. The lowest BCUT2D eigenvalue weighted by atomic mass is 9.84. The second-order valence-electron chi connectivity index (χ2n) is 10.3. The Hall–Kier alpha value is -1.85. The molecule has 3 saturated carbocycles. The van der Waals surface area contributed by atoms with Gasteiger partial charge in [0.1, 0.15) is 0 Å². The number of amides is 3. The number of allylic oxidation sites excluding steroid dienone is 1. The molecule has 2 heterocycles. The molecule has 164 valence electrons. The summed E-state index contributed by atoms with van der Waals surface area (Å²) in [5.74, 6) is 1.82. The molecule has 2 saturated heterocycles. The first kappa shape index (κ1) is 20.1. The van der Waals surface area contributed by atoms with Crippen molar-refractivity contribution in [1.29, 1.82) is 0 Å². The van der Waals surface area contributed by atoms with Crippen molar-refractivity contribution in [3.63, 3.8) is 0 Å². The molecule has 0 bridgehead atoms. The van der Waals surface area contributed by atoms with Gasteiger partial charge in [0.05, 0.1) is 18.6 Å². The Morgan fingerprint density at radius 2 is 1.73 bits per heavy atom. The summed E-state index contributed by atoms with van der Waals surface area (Å²) >= 11 is 0. The Morgan fingerprint density at radius 1 is 0.967 bits per heavy atom. The number of nitrogens with one attached hydrogen (secondary N) is 1. The van der Waals surface area contributed by atoms with E-state index in [9.17, 15) is 14.4 Å². The van der Waals surface area contributed by atoms with E-state index in [1.54, 1.807) is 0 Å². The highest BCUT2D eigenvalue weighted by atomic mass is 16.2. The minimum atomic E-state index is -0.132. The van der Waals surface area contributed by atoms with Gasteiger partial charge in [0, 0.05) is 24.9 Å². The van der Waals surface area contributed by atoms with E-state index in [2.05, 4.69) is 11.9 Å². The van der Waals surface area contributed by atoms with Gasteiger partial charge in [-0.25, -0.2) is 0 Å². The number of carbonyl (C=O) groups excluding carboxylic acids is 3. The highest BCUT2D eigenvalue weighted by Gasteiger charge is 2.48. The van der Waals surface area contributed by atoms with Crippen LogP contribution in [0.25, 0.3) is 0 Å². The van der Waals surface area contributed by atoms with Crippen molar-refractivity contribution < 1.29 is 14.4 Å². The summed E-state index contributed by atoms with van der Waals surface area (Å²) in [6, 6.07) is -0.0990. The van der Waals surface area contributed by atoms with E-state index < -0.39 is 0 Å². The molecule has 0 unspecified atom stereocenters. The molecule has 1 N–H and O–H groups in total. The number of carbonyl (C=O) groups is 3. The van der Waals surface area contributed by atoms with Crippen molar-refractivity contribution in [2.45, 2.75) is 76.3 Å². The zero-order chi connectivity index (χ0) is 20.8. The van der Waals surface area contributed by atoms with Gasteiger partial charge >= 0.3 is 0 Å². The highest BCUT2D eigenvalue weighted by molar-refractivity contribution is 5.88. The third-order valence-corrected chi connectivity index (χ3v) is 8.39. The fourth-order valence-electron chi connectivity index (χ4n) is 6.55. The molecule has 30 heavy (non-hydrogen) atoms. The normalized spacial score (nSPS) is 35.2. The van der Waals surface area contributed by atoms with Gasteiger partial charge in [0.15, 0.2) is 0 Å². The summed E-state index contributed by atoms with van der Waals surface area (Å²) in [6.07, 6.45) is 10.3. The summed E-state index contributed by atoms with van der Waals surface area (Å²) in [4.78, 5) is 42.9. The SMILES string of the molecule is C=C1CCC(C(=O)N2CC[C@@H]3[C@H](C2)NC(=O)CN3C(=O)[C@@H]2CCC[C@H]2C2CC2)CC1. The van der Waals surface area contributed by atoms with Crippen LogP contribution in [0, 0.1) is 23.7 Å². The van der Waals surface area contributed by atoms with Crippen LogP contribution < -0.4 is 5.32 Å². The average Bonchev–Trinajstić information content (AvgIpc) is 3.48. The molecule has 5 rings (SSSR count). The maximum atomic E-state index is 13.5. The smallest absolute Gasteiger partial charge is 0.239 e. The van der Waals surface area contributed by atoms with Gasteiger partial charge in [-0.1, -0.05) is 18.6 Å². The van der Waals surface area contributed by atoms with Crippen LogP contribution in [0.5, 0.6) is 0 Å². The number of hydrogen-bond donors (Lipinski definition) is 1. The second-order valence-corrected chi connectivity index (χ2v) is 10.3. The number of hydrogen-bond acceptors (Lipinski definition) is 3. The van der Waals surface area contributed by atoms with Crippen molar-refractivity contribution in [2.75, 3.05) is 19.6 Å². The predicted molar refractivity (Wildman–Crippen MR) is 113 cm³/mol.